The van der Waals surface area contributed by atoms with Crippen molar-refractivity contribution < 1.29 is 14.3 Å². The van der Waals surface area contributed by atoms with Gasteiger partial charge in [0.15, 0.2) is 17.3 Å². The summed E-state index contributed by atoms with van der Waals surface area (Å²) >= 11 is 0. The van der Waals surface area contributed by atoms with Gasteiger partial charge in [0.05, 0.1) is 17.9 Å². The van der Waals surface area contributed by atoms with Gasteiger partial charge in [0, 0.05) is 31.6 Å². The third-order valence-corrected chi connectivity index (χ3v) is 5.95. The minimum absolute atomic E-state index is 0.0205. The van der Waals surface area contributed by atoms with E-state index >= 15 is 0 Å². The van der Waals surface area contributed by atoms with E-state index in [1.165, 1.54) is 6.92 Å². The first kappa shape index (κ1) is 22.3. The molecule has 1 unspecified atom stereocenters. The van der Waals surface area contributed by atoms with Gasteiger partial charge in [-0.05, 0) is 63.4 Å². The number of amides is 2. The number of likely N-dealkylation sites (tertiary alicyclic amines) is 1. The molecule has 0 bridgehead atoms. The second-order valence-corrected chi connectivity index (χ2v) is 8.62. The minimum Gasteiger partial charge on any atom is -0.450 e. The molecule has 2 saturated heterocycles. The highest BCUT2D eigenvalue weighted by atomic mass is 16.5. The molecule has 9 heteroatoms. The second-order valence-electron chi connectivity index (χ2n) is 8.62. The third-order valence-electron chi connectivity index (χ3n) is 5.95. The smallest absolute Gasteiger partial charge is 0.253 e. The molecule has 0 radical (unpaired) electrons. The number of anilines is 1. The molecular formula is C23H32N6O3. The number of benzene rings is 1. The lowest BCUT2D eigenvalue weighted by molar-refractivity contribution is -0.118. The number of allylic oxidation sites excluding steroid dienone is 1. The fraction of sp³-hybridized carbons (Fsp3) is 0.522. The van der Waals surface area contributed by atoms with Gasteiger partial charge < -0.3 is 31.3 Å². The molecule has 1 aromatic carbocycles. The topological polar surface area (TPSA) is 121 Å². The summed E-state index contributed by atoms with van der Waals surface area (Å²) in [6.45, 7) is 4.67. The monoisotopic (exact) mass is 440 g/mol. The normalized spacial score (nSPS) is 23.8. The predicted octanol–water partition coefficient (Wildman–Crippen LogP) is 1.57. The van der Waals surface area contributed by atoms with E-state index in [0.29, 0.717) is 41.7 Å². The highest BCUT2D eigenvalue weighted by Crippen LogP contribution is 2.33. The number of hydrogen-bond acceptors (Lipinski definition) is 7. The van der Waals surface area contributed by atoms with E-state index < -0.39 is 0 Å². The lowest BCUT2D eigenvalue weighted by atomic mass is 10.0. The van der Waals surface area contributed by atoms with Crippen LogP contribution in [0.3, 0.4) is 0 Å². The number of ether oxygens (including phenoxy) is 1. The molecule has 1 aromatic rings. The largest absolute Gasteiger partial charge is 0.450 e. The number of carbonyl (C=O) groups excluding carboxylic acids is 2. The van der Waals surface area contributed by atoms with Crippen molar-refractivity contribution >= 4 is 23.7 Å². The molecule has 0 aromatic heterocycles. The molecule has 3 heterocycles. The van der Waals surface area contributed by atoms with Crippen molar-refractivity contribution in [3.05, 3.63) is 35.3 Å². The molecule has 172 valence electrons. The highest BCUT2D eigenvalue weighted by molar-refractivity contribution is 5.96. The van der Waals surface area contributed by atoms with Crippen LogP contribution in [0.2, 0.25) is 0 Å². The van der Waals surface area contributed by atoms with E-state index in [4.69, 9.17) is 15.5 Å². The number of fused-ring (bicyclic) bond motifs is 1. The Morgan fingerprint density at radius 2 is 2.12 bits per heavy atom. The summed E-state index contributed by atoms with van der Waals surface area (Å²) in [6.07, 6.45) is 6.60. The number of nitrogens with one attached hydrogen (secondary N) is 3. The molecule has 0 saturated carbocycles. The molecule has 2 amide bonds. The van der Waals surface area contributed by atoms with E-state index in [-0.39, 0.29) is 23.9 Å². The molecule has 2 fully saturated rings. The van der Waals surface area contributed by atoms with Crippen molar-refractivity contribution in [2.75, 3.05) is 31.5 Å². The van der Waals surface area contributed by atoms with Crippen LogP contribution in [0, 0.1) is 0 Å². The summed E-state index contributed by atoms with van der Waals surface area (Å²) in [5.41, 5.74) is 7.21. The summed E-state index contributed by atoms with van der Waals surface area (Å²) in [5.74, 6) is 1.17. The summed E-state index contributed by atoms with van der Waals surface area (Å²) < 4.78 is 6.06. The van der Waals surface area contributed by atoms with Gasteiger partial charge in [-0.15, -0.1) is 0 Å². The van der Waals surface area contributed by atoms with Gasteiger partial charge in [0.25, 0.3) is 5.91 Å². The fourth-order valence-corrected chi connectivity index (χ4v) is 4.28. The van der Waals surface area contributed by atoms with Crippen LogP contribution in [0.15, 0.2) is 34.8 Å². The Kier molecular flexibility index (Phi) is 7.06. The number of hydrogen-bond donors (Lipinski definition) is 4. The van der Waals surface area contributed by atoms with Gasteiger partial charge in [0.1, 0.15) is 0 Å². The number of nitrogens with zero attached hydrogens (tertiary/aromatic N) is 2. The molecule has 5 N–H and O–H groups in total. The van der Waals surface area contributed by atoms with Crippen LogP contribution >= 0.6 is 0 Å². The number of piperidine rings is 1. The van der Waals surface area contributed by atoms with Gasteiger partial charge in [-0.25, -0.2) is 0 Å². The second kappa shape index (κ2) is 10.1. The van der Waals surface area contributed by atoms with Crippen LogP contribution in [-0.2, 0) is 4.79 Å². The van der Waals surface area contributed by atoms with Gasteiger partial charge in [-0.1, -0.05) is 0 Å². The van der Waals surface area contributed by atoms with Crippen LogP contribution < -0.4 is 26.4 Å². The van der Waals surface area contributed by atoms with Gasteiger partial charge >= 0.3 is 0 Å². The fourth-order valence-electron chi connectivity index (χ4n) is 4.28. The van der Waals surface area contributed by atoms with Crippen molar-refractivity contribution in [1.29, 1.82) is 0 Å². The first-order valence-electron chi connectivity index (χ1n) is 11.4. The zero-order valence-electron chi connectivity index (χ0n) is 18.5. The summed E-state index contributed by atoms with van der Waals surface area (Å²) in [6, 6.07) is 5.53. The van der Waals surface area contributed by atoms with Crippen LogP contribution in [0.4, 0.5) is 5.69 Å². The summed E-state index contributed by atoms with van der Waals surface area (Å²) in [4.78, 5) is 31.2. The Bertz CT molecular complexity index is 920. The standard InChI is InChI=1S/C23H32N6O3/c1-15(30)27-22-21(13-26-18-5-2-9-25-10-8-18)32-20-7-6-16(12-19(20)28-22)23(31)29-11-3-4-17(24)14-29/h6-7,12-13,17-18,25,28H,2-5,8-11,14,24H2,1H3,(H,27,30)/t17-,18?/m1/s1. The minimum atomic E-state index is -0.223. The van der Waals surface area contributed by atoms with Crippen LogP contribution in [0.1, 0.15) is 49.4 Å². The number of aliphatic imine (C=N–C) groups is 1. The Balaban J connectivity index is 1.53. The average molecular weight is 441 g/mol. The molecule has 2 atom stereocenters. The Hall–Kier alpha value is -2.91. The average Bonchev–Trinajstić information content (AvgIpc) is 3.05. The van der Waals surface area contributed by atoms with Gasteiger partial charge in [-0.2, -0.15) is 0 Å². The van der Waals surface area contributed by atoms with E-state index in [2.05, 4.69) is 16.0 Å². The Labute approximate surface area is 188 Å². The van der Waals surface area contributed by atoms with E-state index in [1.807, 2.05) is 0 Å². The zero-order valence-corrected chi connectivity index (χ0v) is 18.5. The van der Waals surface area contributed by atoms with Crippen LogP contribution in [0.5, 0.6) is 5.75 Å². The highest BCUT2D eigenvalue weighted by Gasteiger charge is 2.25. The molecular weight excluding hydrogens is 408 g/mol. The van der Waals surface area contributed by atoms with E-state index in [9.17, 15) is 9.59 Å². The maximum absolute atomic E-state index is 13.0. The lowest BCUT2D eigenvalue weighted by Crippen LogP contribution is -2.45. The van der Waals surface area contributed by atoms with Crippen molar-refractivity contribution in [3.63, 3.8) is 0 Å². The molecule has 4 rings (SSSR count). The Morgan fingerprint density at radius 3 is 2.94 bits per heavy atom. The van der Waals surface area contributed by atoms with E-state index in [0.717, 1.165) is 45.2 Å². The van der Waals surface area contributed by atoms with Crippen molar-refractivity contribution in [2.45, 2.75) is 51.1 Å². The molecule has 3 aliphatic heterocycles. The molecule has 0 spiro atoms. The first-order valence-corrected chi connectivity index (χ1v) is 11.4. The van der Waals surface area contributed by atoms with Gasteiger partial charge in [-0.3, -0.25) is 14.6 Å². The lowest BCUT2D eigenvalue weighted by Gasteiger charge is -2.31. The molecule has 32 heavy (non-hydrogen) atoms. The maximum atomic E-state index is 13.0. The quantitative estimate of drug-likeness (QED) is 0.528. The summed E-state index contributed by atoms with van der Waals surface area (Å²) in [7, 11) is 0. The van der Waals surface area contributed by atoms with E-state index in [1.54, 1.807) is 29.3 Å². The van der Waals surface area contributed by atoms with Crippen molar-refractivity contribution in [3.8, 4) is 5.75 Å². The number of rotatable bonds is 4. The summed E-state index contributed by atoms with van der Waals surface area (Å²) in [5, 5.41) is 9.37. The predicted molar refractivity (Wildman–Crippen MR) is 124 cm³/mol. The zero-order chi connectivity index (χ0) is 22.5. The van der Waals surface area contributed by atoms with Crippen LogP contribution in [-0.4, -0.2) is 61.2 Å². The van der Waals surface area contributed by atoms with Crippen molar-refractivity contribution in [2.24, 2.45) is 10.7 Å². The SMILES string of the molecule is CC(=O)NC1=C(C=NC2CCCNCC2)Oc2ccc(C(=O)N3CCC[C@@H](N)C3)cc2N1. The number of carbonyl (C=O) groups is 2. The molecule has 0 aliphatic carbocycles. The maximum Gasteiger partial charge on any atom is 0.253 e. The molecule has 9 nitrogen and oxygen atoms in total. The number of nitrogens with two attached hydrogens (primary N) is 1. The van der Waals surface area contributed by atoms with Crippen LogP contribution in [0.25, 0.3) is 0 Å². The Morgan fingerprint density at radius 1 is 1.25 bits per heavy atom. The third kappa shape index (κ3) is 5.46. The van der Waals surface area contributed by atoms with Gasteiger partial charge in [0.2, 0.25) is 5.91 Å². The van der Waals surface area contributed by atoms with Crippen molar-refractivity contribution in [1.82, 2.24) is 15.5 Å². The molecule has 3 aliphatic rings. The first-order chi connectivity index (χ1) is 15.5.